The summed E-state index contributed by atoms with van der Waals surface area (Å²) in [7, 11) is 0. The third kappa shape index (κ3) is 3.96. The van der Waals surface area contributed by atoms with Crippen LogP contribution in [0.4, 0.5) is 0 Å². The average molecular weight is 382 g/mol. The predicted molar refractivity (Wildman–Crippen MR) is 86.5 cm³/mol. The Hall–Kier alpha value is -1.56. The Morgan fingerprint density at radius 2 is 1.80 bits per heavy atom. The number of carbonyl (C=O) groups is 1. The van der Waals surface area contributed by atoms with Crippen LogP contribution in [0.25, 0.3) is 0 Å². The van der Waals surface area contributed by atoms with Crippen molar-refractivity contribution < 1.29 is 14.3 Å². The van der Waals surface area contributed by atoms with Crippen LogP contribution in [0.5, 0.6) is 11.5 Å². The number of halogens is 1. The fourth-order valence-corrected chi connectivity index (χ4v) is 2.09. The molecule has 0 fully saturated rings. The van der Waals surface area contributed by atoms with Gasteiger partial charge < -0.3 is 9.47 Å². The molecule has 0 N–H and O–H groups in total. The summed E-state index contributed by atoms with van der Waals surface area (Å²) in [6.07, 6.45) is 0.797. The quantitative estimate of drug-likeness (QED) is 0.558. The van der Waals surface area contributed by atoms with E-state index in [-0.39, 0.29) is 0 Å². The maximum Gasteiger partial charge on any atom is 0.161 e. The van der Waals surface area contributed by atoms with Gasteiger partial charge in [-0.2, -0.15) is 0 Å². The summed E-state index contributed by atoms with van der Waals surface area (Å²) in [6.45, 7) is 2.90. The molecular weight excluding hydrogens is 367 g/mol. The first kappa shape index (κ1) is 14.8. The number of rotatable bonds is 6. The Morgan fingerprint density at radius 1 is 1.05 bits per heavy atom. The van der Waals surface area contributed by atoms with Gasteiger partial charge in [-0.3, -0.25) is 4.79 Å². The lowest BCUT2D eigenvalue weighted by atomic mass is 10.2. The predicted octanol–water partition coefficient (Wildman–Crippen LogP) is 4.08. The van der Waals surface area contributed by atoms with Crippen molar-refractivity contribution in [2.24, 2.45) is 0 Å². The first-order valence-electron chi connectivity index (χ1n) is 6.32. The number of hydrogen-bond donors (Lipinski definition) is 0. The number of benzene rings is 2. The van der Waals surface area contributed by atoms with E-state index in [2.05, 4.69) is 22.6 Å². The lowest BCUT2D eigenvalue weighted by molar-refractivity contribution is 0.112. The fraction of sp³-hybridized carbons (Fsp3) is 0.188. The molecule has 20 heavy (non-hydrogen) atoms. The number of aldehydes is 1. The molecule has 2 rings (SSSR count). The van der Waals surface area contributed by atoms with Crippen molar-refractivity contribution in [3.8, 4) is 11.5 Å². The summed E-state index contributed by atoms with van der Waals surface area (Å²) in [5.41, 5.74) is 1.67. The van der Waals surface area contributed by atoms with E-state index in [1.165, 1.54) is 3.57 Å². The van der Waals surface area contributed by atoms with E-state index < -0.39 is 0 Å². The van der Waals surface area contributed by atoms with Gasteiger partial charge in [0.1, 0.15) is 12.9 Å². The molecule has 0 aliphatic rings. The molecule has 0 bridgehead atoms. The zero-order valence-corrected chi connectivity index (χ0v) is 13.3. The van der Waals surface area contributed by atoms with E-state index in [1.807, 2.05) is 31.2 Å². The smallest absolute Gasteiger partial charge is 0.161 e. The molecule has 0 unspecified atom stereocenters. The number of hydrogen-bond acceptors (Lipinski definition) is 3. The number of ether oxygens (including phenoxy) is 2. The number of carbonyl (C=O) groups excluding carboxylic acids is 1. The minimum Gasteiger partial charge on any atom is -0.490 e. The van der Waals surface area contributed by atoms with E-state index in [0.717, 1.165) is 11.8 Å². The minimum absolute atomic E-state index is 0.470. The highest BCUT2D eigenvalue weighted by Gasteiger charge is 2.06. The van der Waals surface area contributed by atoms with E-state index in [4.69, 9.17) is 9.47 Å². The van der Waals surface area contributed by atoms with Crippen molar-refractivity contribution in [1.29, 1.82) is 0 Å². The van der Waals surface area contributed by atoms with Gasteiger partial charge in [-0.1, -0.05) is 12.1 Å². The molecule has 4 heteroatoms. The van der Waals surface area contributed by atoms with Crippen molar-refractivity contribution in [3.63, 3.8) is 0 Å². The van der Waals surface area contributed by atoms with Crippen molar-refractivity contribution in [2.75, 3.05) is 6.61 Å². The Labute approximate surface area is 132 Å². The van der Waals surface area contributed by atoms with Crippen LogP contribution in [0.15, 0.2) is 42.5 Å². The van der Waals surface area contributed by atoms with E-state index >= 15 is 0 Å². The molecule has 0 aromatic heterocycles. The van der Waals surface area contributed by atoms with Gasteiger partial charge in [0.25, 0.3) is 0 Å². The maximum absolute atomic E-state index is 10.8. The largest absolute Gasteiger partial charge is 0.490 e. The van der Waals surface area contributed by atoms with E-state index in [0.29, 0.717) is 30.3 Å². The molecule has 104 valence electrons. The summed E-state index contributed by atoms with van der Waals surface area (Å²) < 4.78 is 12.5. The van der Waals surface area contributed by atoms with Crippen LogP contribution in [0.1, 0.15) is 22.8 Å². The van der Waals surface area contributed by atoms with Crippen LogP contribution in [-0.4, -0.2) is 12.9 Å². The molecule has 0 aliphatic heterocycles. The van der Waals surface area contributed by atoms with Gasteiger partial charge in [-0.05, 0) is 65.4 Å². The molecule has 2 aromatic rings. The van der Waals surface area contributed by atoms with Gasteiger partial charge in [0.15, 0.2) is 11.5 Å². The molecule has 0 amide bonds. The van der Waals surface area contributed by atoms with Gasteiger partial charge in [-0.25, -0.2) is 0 Å². The first-order chi connectivity index (χ1) is 9.72. The van der Waals surface area contributed by atoms with Crippen LogP contribution < -0.4 is 9.47 Å². The van der Waals surface area contributed by atoms with Crippen LogP contribution in [-0.2, 0) is 6.61 Å². The zero-order chi connectivity index (χ0) is 14.4. The van der Waals surface area contributed by atoms with Gasteiger partial charge in [0, 0.05) is 9.13 Å². The highest BCUT2D eigenvalue weighted by molar-refractivity contribution is 14.1. The zero-order valence-electron chi connectivity index (χ0n) is 11.1. The molecule has 0 saturated heterocycles. The van der Waals surface area contributed by atoms with Crippen LogP contribution >= 0.6 is 22.6 Å². The normalized spacial score (nSPS) is 10.1. The van der Waals surface area contributed by atoms with Gasteiger partial charge >= 0.3 is 0 Å². The lowest BCUT2D eigenvalue weighted by Gasteiger charge is -2.12. The molecule has 0 heterocycles. The third-order valence-corrected chi connectivity index (χ3v) is 3.43. The summed E-state index contributed by atoms with van der Waals surface area (Å²) >= 11 is 2.27. The third-order valence-electron chi connectivity index (χ3n) is 2.71. The molecule has 0 aliphatic carbocycles. The Bertz CT molecular complexity index is 579. The second kappa shape index (κ2) is 7.28. The molecule has 2 aromatic carbocycles. The fourth-order valence-electron chi connectivity index (χ4n) is 1.73. The summed E-state index contributed by atoms with van der Waals surface area (Å²) in [4.78, 5) is 10.8. The molecule has 0 atom stereocenters. The van der Waals surface area contributed by atoms with Gasteiger partial charge in [0.05, 0.1) is 6.61 Å². The highest BCUT2D eigenvalue weighted by Crippen LogP contribution is 2.28. The van der Waals surface area contributed by atoms with Crippen molar-refractivity contribution in [1.82, 2.24) is 0 Å². The van der Waals surface area contributed by atoms with Crippen molar-refractivity contribution >= 4 is 28.9 Å². The molecule has 3 nitrogen and oxygen atoms in total. The highest BCUT2D eigenvalue weighted by atomic mass is 127. The second-order valence-corrected chi connectivity index (χ2v) is 5.42. The minimum atomic E-state index is 0.470. The first-order valence-corrected chi connectivity index (χ1v) is 7.40. The van der Waals surface area contributed by atoms with Crippen LogP contribution in [0.2, 0.25) is 0 Å². The van der Waals surface area contributed by atoms with Crippen LogP contribution in [0.3, 0.4) is 0 Å². The Balaban J connectivity index is 2.11. The average Bonchev–Trinajstić information content (AvgIpc) is 2.48. The topological polar surface area (TPSA) is 35.5 Å². The van der Waals surface area contributed by atoms with Crippen LogP contribution in [0, 0.1) is 3.57 Å². The summed E-state index contributed by atoms with van der Waals surface area (Å²) in [5, 5.41) is 0. The Morgan fingerprint density at radius 3 is 2.45 bits per heavy atom. The Kier molecular flexibility index (Phi) is 5.40. The van der Waals surface area contributed by atoms with Gasteiger partial charge in [0.2, 0.25) is 0 Å². The molecular formula is C16H15IO3. The van der Waals surface area contributed by atoms with E-state index in [1.54, 1.807) is 18.2 Å². The lowest BCUT2D eigenvalue weighted by Crippen LogP contribution is -2.00. The summed E-state index contributed by atoms with van der Waals surface area (Å²) in [5.74, 6) is 1.25. The molecule has 0 radical (unpaired) electrons. The molecule has 0 spiro atoms. The van der Waals surface area contributed by atoms with Crippen molar-refractivity contribution in [2.45, 2.75) is 13.5 Å². The monoisotopic (exact) mass is 382 g/mol. The van der Waals surface area contributed by atoms with Crippen molar-refractivity contribution in [3.05, 3.63) is 57.2 Å². The molecule has 0 saturated carbocycles. The van der Waals surface area contributed by atoms with E-state index in [9.17, 15) is 4.79 Å². The second-order valence-electron chi connectivity index (χ2n) is 4.17. The maximum atomic E-state index is 10.8. The SMILES string of the molecule is CCOc1cc(C=O)ccc1OCc1ccc(I)cc1. The van der Waals surface area contributed by atoms with Gasteiger partial charge in [-0.15, -0.1) is 0 Å². The summed E-state index contributed by atoms with van der Waals surface area (Å²) in [6, 6.07) is 13.3. The standard InChI is InChI=1S/C16H15IO3/c1-2-19-16-9-13(10-18)5-8-15(16)20-11-12-3-6-14(17)7-4-12/h3-10H,2,11H2,1H3.